The molecule has 0 aliphatic carbocycles. The summed E-state index contributed by atoms with van der Waals surface area (Å²) in [7, 11) is 0. The fourth-order valence-electron chi connectivity index (χ4n) is 5.13. The van der Waals surface area contributed by atoms with E-state index in [0.717, 1.165) is 28.0 Å². The van der Waals surface area contributed by atoms with E-state index in [1.54, 1.807) is 13.0 Å². The maximum absolute atomic E-state index is 14.0. The van der Waals surface area contributed by atoms with E-state index >= 15 is 0 Å². The molecule has 0 unspecified atom stereocenters. The molecule has 0 fully saturated rings. The van der Waals surface area contributed by atoms with E-state index in [4.69, 9.17) is 14.5 Å². The van der Waals surface area contributed by atoms with E-state index in [2.05, 4.69) is 17.4 Å². The highest BCUT2D eigenvalue weighted by atomic mass is 32.1. The molecule has 2 aromatic heterocycles. The van der Waals surface area contributed by atoms with Crippen LogP contribution >= 0.6 is 11.3 Å². The Bertz CT molecular complexity index is 1950. The molecule has 7 heteroatoms. The van der Waals surface area contributed by atoms with E-state index < -0.39 is 5.97 Å². The van der Waals surface area contributed by atoms with Crippen LogP contribution in [0.3, 0.4) is 0 Å². The standard InChI is InChI=1S/C37H30N2O4S/c1-3-42-28-14-10-13-27(21-28)33-22-30(29-15-8-9-16-32(29)38-33)35(40)39-36-34(37(41)43-4-2)31(23-44-36)26-19-17-25(18-20-26)24-11-6-5-7-12-24/h5-23H,3-4H2,1-2H3,(H,39,40). The van der Waals surface area contributed by atoms with Gasteiger partial charge in [0.25, 0.3) is 5.91 Å². The molecule has 0 aliphatic heterocycles. The van der Waals surface area contributed by atoms with Crippen LogP contribution in [0.1, 0.15) is 34.6 Å². The minimum atomic E-state index is -0.487. The van der Waals surface area contributed by atoms with Crippen molar-refractivity contribution >= 4 is 39.1 Å². The second-order valence-electron chi connectivity index (χ2n) is 10.0. The van der Waals surface area contributed by atoms with Crippen LogP contribution in [0.15, 0.2) is 115 Å². The fraction of sp³-hybridized carbons (Fsp3) is 0.108. The zero-order chi connectivity index (χ0) is 30.5. The summed E-state index contributed by atoms with van der Waals surface area (Å²) in [4.78, 5) is 32.1. The summed E-state index contributed by atoms with van der Waals surface area (Å²) in [6.07, 6.45) is 0. The number of hydrogen-bond donors (Lipinski definition) is 1. The van der Waals surface area contributed by atoms with Gasteiger partial charge in [0.15, 0.2) is 0 Å². The number of nitrogens with one attached hydrogen (secondary N) is 1. The van der Waals surface area contributed by atoms with Crippen LogP contribution in [0.4, 0.5) is 5.00 Å². The van der Waals surface area contributed by atoms with Gasteiger partial charge in [0.05, 0.1) is 30.0 Å². The van der Waals surface area contributed by atoms with Gasteiger partial charge >= 0.3 is 5.97 Å². The number of benzene rings is 4. The molecular formula is C37H30N2O4S. The summed E-state index contributed by atoms with van der Waals surface area (Å²) >= 11 is 1.30. The van der Waals surface area contributed by atoms with Crippen molar-refractivity contribution < 1.29 is 19.1 Å². The second kappa shape index (κ2) is 12.9. The first-order valence-corrected chi connectivity index (χ1v) is 15.3. The van der Waals surface area contributed by atoms with Crippen LogP contribution in [0, 0.1) is 0 Å². The number of esters is 1. The van der Waals surface area contributed by atoms with Crippen LogP contribution in [0.25, 0.3) is 44.4 Å². The van der Waals surface area contributed by atoms with Crippen molar-refractivity contribution in [2.75, 3.05) is 18.5 Å². The Morgan fingerprint density at radius 1 is 0.750 bits per heavy atom. The average molecular weight is 599 g/mol. The van der Waals surface area contributed by atoms with E-state index in [0.29, 0.717) is 44.9 Å². The van der Waals surface area contributed by atoms with Crippen LogP contribution in [0.5, 0.6) is 5.75 Å². The lowest BCUT2D eigenvalue weighted by Gasteiger charge is -2.12. The molecule has 6 aromatic rings. The first-order valence-electron chi connectivity index (χ1n) is 14.4. The number of anilines is 1. The number of hydrogen-bond acceptors (Lipinski definition) is 6. The normalized spacial score (nSPS) is 10.9. The highest BCUT2D eigenvalue weighted by Crippen LogP contribution is 2.38. The Balaban J connectivity index is 1.37. The van der Waals surface area contributed by atoms with Crippen LogP contribution in [-0.4, -0.2) is 30.1 Å². The number of aromatic nitrogens is 1. The molecule has 2 heterocycles. The Hall–Kier alpha value is -5.27. The van der Waals surface area contributed by atoms with Gasteiger partial charge in [-0.3, -0.25) is 4.79 Å². The van der Waals surface area contributed by atoms with Gasteiger partial charge in [0.1, 0.15) is 16.3 Å². The molecule has 4 aromatic carbocycles. The molecule has 0 atom stereocenters. The Labute approximate surface area is 259 Å². The number of carbonyl (C=O) groups excluding carboxylic acids is 2. The maximum Gasteiger partial charge on any atom is 0.341 e. The second-order valence-corrected chi connectivity index (χ2v) is 10.9. The number of thiophene rings is 1. The molecule has 0 saturated carbocycles. The maximum atomic E-state index is 14.0. The van der Waals surface area contributed by atoms with Gasteiger partial charge in [-0.2, -0.15) is 0 Å². The lowest BCUT2D eigenvalue weighted by Crippen LogP contribution is -2.15. The van der Waals surface area contributed by atoms with E-state index in [1.165, 1.54) is 11.3 Å². The minimum absolute atomic E-state index is 0.216. The van der Waals surface area contributed by atoms with Crippen molar-refractivity contribution in [1.82, 2.24) is 4.98 Å². The van der Waals surface area contributed by atoms with Crippen LogP contribution < -0.4 is 10.1 Å². The molecule has 0 bridgehead atoms. The number of rotatable bonds is 9. The smallest absolute Gasteiger partial charge is 0.341 e. The number of nitrogens with zero attached hydrogens (tertiary/aromatic N) is 1. The quantitative estimate of drug-likeness (QED) is 0.168. The van der Waals surface area contributed by atoms with Crippen molar-refractivity contribution in [2.45, 2.75) is 13.8 Å². The summed E-state index contributed by atoms with van der Waals surface area (Å²) in [5.74, 6) is -0.101. The number of ether oxygens (including phenoxy) is 2. The highest BCUT2D eigenvalue weighted by molar-refractivity contribution is 7.15. The molecule has 0 aliphatic rings. The third kappa shape index (κ3) is 5.96. The van der Waals surface area contributed by atoms with Gasteiger partial charge in [0, 0.05) is 21.9 Å². The molecule has 6 nitrogen and oxygen atoms in total. The van der Waals surface area contributed by atoms with Gasteiger partial charge in [-0.25, -0.2) is 9.78 Å². The molecular weight excluding hydrogens is 568 g/mol. The van der Waals surface area contributed by atoms with Crippen molar-refractivity contribution in [2.24, 2.45) is 0 Å². The third-order valence-electron chi connectivity index (χ3n) is 7.20. The number of pyridine rings is 1. The lowest BCUT2D eigenvalue weighted by atomic mass is 9.99. The Morgan fingerprint density at radius 2 is 1.45 bits per heavy atom. The molecule has 6 rings (SSSR count). The van der Waals surface area contributed by atoms with E-state index in [-0.39, 0.29) is 12.5 Å². The minimum Gasteiger partial charge on any atom is -0.494 e. The Kier molecular flexibility index (Phi) is 8.48. The molecule has 218 valence electrons. The van der Waals surface area contributed by atoms with Crippen LogP contribution in [-0.2, 0) is 4.74 Å². The van der Waals surface area contributed by atoms with E-state index in [9.17, 15) is 9.59 Å². The van der Waals surface area contributed by atoms with Crippen molar-refractivity contribution in [3.05, 3.63) is 126 Å². The number of carbonyl (C=O) groups is 2. The topological polar surface area (TPSA) is 77.5 Å². The van der Waals surface area contributed by atoms with Gasteiger partial charge in [-0.1, -0.05) is 84.9 Å². The largest absolute Gasteiger partial charge is 0.494 e. The summed E-state index contributed by atoms with van der Waals surface area (Å²) in [5.41, 5.74) is 6.69. The van der Waals surface area contributed by atoms with Crippen molar-refractivity contribution in [1.29, 1.82) is 0 Å². The van der Waals surface area contributed by atoms with Gasteiger partial charge < -0.3 is 14.8 Å². The summed E-state index contributed by atoms with van der Waals surface area (Å²) in [6.45, 7) is 4.46. The van der Waals surface area contributed by atoms with Crippen LogP contribution in [0.2, 0.25) is 0 Å². The summed E-state index contributed by atoms with van der Waals surface area (Å²) in [5, 5.41) is 6.04. The Morgan fingerprint density at radius 3 is 2.23 bits per heavy atom. The monoisotopic (exact) mass is 598 g/mol. The lowest BCUT2D eigenvalue weighted by molar-refractivity contribution is 0.0529. The summed E-state index contributed by atoms with van der Waals surface area (Å²) in [6, 6.07) is 35.1. The predicted molar refractivity (Wildman–Crippen MR) is 177 cm³/mol. The average Bonchev–Trinajstić information content (AvgIpc) is 3.48. The molecule has 0 spiro atoms. The van der Waals surface area contributed by atoms with E-state index in [1.807, 2.05) is 103 Å². The van der Waals surface area contributed by atoms with Gasteiger partial charge in [0.2, 0.25) is 0 Å². The number of fused-ring (bicyclic) bond motifs is 1. The zero-order valence-electron chi connectivity index (χ0n) is 24.4. The molecule has 0 saturated heterocycles. The zero-order valence-corrected chi connectivity index (χ0v) is 25.2. The number of para-hydroxylation sites is 1. The summed E-state index contributed by atoms with van der Waals surface area (Å²) < 4.78 is 11.1. The molecule has 44 heavy (non-hydrogen) atoms. The van der Waals surface area contributed by atoms with Gasteiger partial charge in [-0.05, 0) is 54.8 Å². The van der Waals surface area contributed by atoms with Gasteiger partial charge in [-0.15, -0.1) is 11.3 Å². The first-order chi connectivity index (χ1) is 21.6. The fourth-order valence-corrected chi connectivity index (χ4v) is 6.09. The number of amides is 1. The highest BCUT2D eigenvalue weighted by Gasteiger charge is 2.24. The van der Waals surface area contributed by atoms with Crippen molar-refractivity contribution in [3.63, 3.8) is 0 Å². The van der Waals surface area contributed by atoms with Crippen molar-refractivity contribution in [3.8, 4) is 39.3 Å². The molecule has 1 N–H and O–H groups in total. The molecule has 1 amide bonds. The third-order valence-corrected chi connectivity index (χ3v) is 8.10. The SMILES string of the molecule is CCOC(=O)c1c(-c2ccc(-c3ccccc3)cc2)csc1NC(=O)c1cc(-c2cccc(OCC)c2)nc2ccccc12. The first kappa shape index (κ1) is 28.8. The molecule has 0 radical (unpaired) electrons. The predicted octanol–water partition coefficient (Wildman–Crippen LogP) is 9.12.